The van der Waals surface area contributed by atoms with Crippen LogP contribution in [0, 0.1) is 23.2 Å². The van der Waals surface area contributed by atoms with E-state index in [1.807, 2.05) is 6.07 Å². The van der Waals surface area contributed by atoms with Gasteiger partial charge in [-0.25, -0.2) is 0 Å². The number of thiocarbonyl (C=S) groups is 1. The molecule has 0 saturated heterocycles. The zero-order valence-electron chi connectivity index (χ0n) is 18.6. The number of furan rings is 1. The van der Waals surface area contributed by atoms with E-state index >= 15 is 0 Å². The lowest BCUT2D eigenvalue weighted by molar-refractivity contribution is -0.115. The van der Waals surface area contributed by atoms with Crippen LogP contribution in [0.5, 0.6) is 0 Å². The van der Waals surface area contributed by atoms with Gasteiger partial charge in [0.05, 0.1) is 5.02 Å². The smallest absolute Gasteiger partial charge is 0.250 e. The van der Waals surface area contributed by atoms with Crippen LogP contribution in [0.15, 0.2) is 40.8 Å². The molecule has 1 amide bonds. The molecule has 4 aliphatic rings. The Morgan fingerprint density at radius 1 is 1.12 bits per heavy atom. The van der Waals surface area contributed by atoms with Crippen LogP contribution in [0.3, 0.4) is 0 Å². The molecule has 1 aromatic carbocycles. The lowest BCUT2D eigenvalue weighted by atomic mass is 9.48. The van der Waals surface area contributed by atoms with Crippen molar-refractivity contribution in [3.8, 4) is 11.3 Å². The Morgan fingerprint density at radius 3 is 2.42 bits per heavy atom. The summed E-state index contributed by atoms with van der Waals surface area (Å²) in [4.78, 5) is 12.4. The predicted octanol–water partition coefficient (Wildman–Crippen LogP) is 6.86. The van der Waals surface area contributed by atoms with Crippen molar-refractivity contribution in [3.63, 3.8) is 0 Å². The summed E-state index contributed by atoms with van der Waals surface area (Å²) in [6, 6.07) is 9.09. The number of carbonyl (C=O) groups is 1. The zero-order valence-corrected chi connectivity index (χ0v) is 20.9. The molecule has 4 bridgehead atoms. The van der Waals surface area contributed by atoms with Crippen molar-refractivity contribution in [2.75, 3.05) is 0 Å². The highest BCUT2D eigenvalue weighted by molar-refractivity contribution is 7.80. The fourth-order valence-corrected chi connectivity index (χ4v) is 7.46. The molecule has 33 heavy (non-hydrogen) atoms. The predicted molar refractivity (Wildman–Crippen MR) is 137 cm³/mol. The standard InChI is InChI=1S/C26H28Cl2N2O2S/c1-15(26-12-16-8-17(13-26)10-18(9-16)14-26)29-25(33)30-24(31)7-4-20-3-6-23(32-20)21-5-2-19(27)11-22(21)28/h2-7,11,15-18H,8-10,12-14H2,1H3,(H2,29,30,31,33)/b7-4+/t15-,16?,17?,18?,26?/m1/s1. The van der Waals surface area contributed by atoms with Crippen molar-refractivity contribution in [1.29, 1.82) is 0 Å². The van der Waals surface area contributed by atoms with Crippen molar-refractivity contribution in [2.45, 2.75) is 51.5 Å². The van der Waals surface area contributed by atoms with Gasteiger partial charge in [0, 0.05) is 22.7 Å². The van der Waals surface area contributed by atoms with Crippen LogP contribution >= 0.6 is 35.4 Å². The summed E-state index contributed by atoms with van der Waals surface area (Å²) in [7, 11) is 0. The Balaban J connectivity index is 1.16. The Labute approximate surface area is 210 Å². The highest BCUT2D eigenvalue weighted by Crippen LogP contribution is 2.61. The van der Waals surface area contributed by atoms with Crippen LogP contribution in [-0.4, -0.2) is 17.1 Å². The van der Waals surface area contributed by atoms with E-state index in [4.69, 9.17) is 39.8 Å². The van der Waals surface area contributed by atoms with E-state index in [0.29, 0.717) is 32.1 Å². The second kappa shape index (κ2) is 9.09. The lowest BCUT2D eigenvalue weighted by Crippen LogP contribution is -2.57. The molecule has 4 aliphatic carbocycles. The van der Waals surface area contributed by atoms with Crippen molar-refractivity contribution >= 4 is 52.5 Å². The Kier molecular flexibility index (Phi) is 6.32. The first kappa shape index (κ1) is 22.9. The summed E-state index contributed by atoms with van der Waals surface area (Å²) in [5, 5.41) is 7.67. The van der Waals surface area contributed by atoms with Crippen LogP contribution in [-0.2, 0) is 4.79 Å². The SMILES string of the molecule is C[C@@H](NC(=S)NC(=O)/C=C/c1ccc(-c2ccc(Cl)cc2Cl)o1)C12CC3CC(CC(C3)C1)C2. The molecule has 4 nitrogen and oxygen atoms in total. The average Bonchev–Trinajstić information content (AvgIpc) is 3.20. The van der Waals surface area contributed by atoms with Gasteiger partial charge in [-0.3, -0.25) is 10.1 Å². The van der Waals surface area contributed by atoms with Gasteiger partial charge in [0.15, 0.2) is 5.11 Å². The number of halogens is 2. The van der Waals surface area contributed by atoms with E-state index in [1.54, 1.807) is 30.3 Å². The van der Waals surface area contributed by atoms with Crippen molar-refractivity contribution in [3.05, 3.63) is 52.2 Å². The summed E-state index contributed by atoms with van der Waals surface area (Å²) in [6.07, 6.45) is 11.2. The minimum absolute atomic E-state index is 0.263. The highest BCUT2D eigenvalue weighted by atomic mass is 35.5. The van der Waals surface area contributed by atoms with Gasteiger partial charge in [0.2, 0.25) is 5.91 Å². The van der Waals surface area contributed by atoms with E-state index < -0.39 is 0 Å². The number of nitrogens with one attached hydrogen (secondary N) is 2. The normalized spacial score (nSPS) is 28.8. The molecule has 1 heterocycles. The van der Waals surface area contributed by atoms with Gasteiger partial charge >= 0.3 is 0 Å². The van der Waals surface area contributed by atoms with E-state index in [0.717, 1.165) is 23.3 Å². The first-order valence-electron chi connectivity index (χ1n) is 11.6. The molecule has 4 fully saturated rings. The maximum Gasteiger partial charge on any atom is 0.250 e. The maximum absolute atomic E-state index is 12.4. The molecule has 0 radical (unpaired) electrons. The molecule has 1 atom stereocenters. The van der Waals surface area contributed by atoms with Gasteiger partial charge in [-0.15, -0.1) is 0 Å². The number of amides is 1. The third kappa shape index (κ3) is 4.87. The van der Waals surface area contributed by atoms with E-state index in [-0.39, 0.29) is 11.9 Å². The number of hydrogen-bond acceptors (Lipinski definition) is 3. The van der Waals surface area contributed by atoms with Crippen LogP contribution in [0.25, 0.3) is 17.4 Å². The third-order valence-electron chi connectivity index (χ3n) is 7.81. The van der Waals surface area contributed by atoms with Gasteiger partial charge < -0.3 is 9.73 Å². The van der Waals surface area contributed by atoms with E-state index in [2.05, 4.69) is 17.6 Å². The van der Waals surface area contributed by atoms with Crippen LogP contribution in [0.4, 0.5) is 0 Å². The molecule has 6 rings (SSSR count). The Morgan fingerprint density at radius 2 is 1.79 bits per heavy atom. The molecule has 0 spiro atoms. The average molecular weight is 503 g/mol. The van der Waals surface area contributed by atoms with Gasteiger partial charge in [-0.1, -0.05) is 23.2 Å². The molecule has 174 valence electrons. The Bertz CT molecular complexity index is 1070. The molecule has 1 aromatic heterocycles. The molecule has 2 aromatic rings. The summed E-state index contributed by atoms with van der Waals surface area (Å²) < 4.78 is 5.81. The van der Waals surface area contributed by atoms with Crippen LogP contribution in [0.2, 0.25) is 10.0 Å². The van der Waals surface area contributed by atoms with Crippen molar-refractivity contribution in [2.24, 2.45) is 23.2 Å². The monoisotopic (exact) mass is 502 g/mol. The van der Waals surface area contributed by atoms with Gasteiger partial charge in [-0.05, 0) is 117 Å². The molecule has 2 N–H and O–H groups in total. The lowest BCUT2D eigenvalue weighted by Gasteiger charge is -2.59. The van der Waals surface area contributed by atoms with E-state index in [1.165, 1.54) is 44.6 Å². The molecular formula is C26H28Cl2N2O2S. The number of carbonyl (C=O) groups excluding carboxylic acids is 1. The molecule has 4 saturated carbocycles. The van der Waals surface area contributed by atoms with E-state index in [9.17, 15) is 4.79 Å². The second-order valence-electron chi connectivity index (χ2n) is 10.1. The molecular weight excluding hydrogens is 475 g/mol. The van der Waals surface area contributed by atoms with Crippen molar-refractivity contribution < 1.29 is 9.21 Å². The fourth-order valence-electron chi connectivity index (χ4n) is 6.68. The van der Waals surface area contributed by atoms with Gasteiger partial charge in [-0.2, -0.15) is 0 Å². The Hall–Kier alpha value is -1.82. The van der Waals surface area contributed by atoms with Gasteiger partial charge in [0.1, 0.15) is 11.5 Å². The second-order valence-corrected chi connectivity index (χ2v) is 11.4. The first-order valence-corrected chi connectivity index (χ1v) is 12.8. The zero-order chi connectivity index (χ0) is 23.2. The minimum atomic E-state index is -0.285. The quantitative estimate of drug-likeness (QED) is 0.346. The summed E-state index contributed by atoms with van der Waals surface area (Å²) in [5.41, 5.74) is 1.07. The first-order chi connectivity index (χ1) is 15.8. The summed E-state index contributed by atoms with van der Waals surface area (Å²) in [6.45, 7) is 2.23. The summed E-state index contributed by atoms with van der Waals surface area (Å²) >= 11 is 17.7. The topological polar surface area (TPSA) is 54.3 Å². The third-order valence-corrected chi connectivity index (χ3v) is 8.58. The fraction of sp³-hybridized carbons (Fsp3) is 0.462. The number of hydrogen-bond donors (Lipinski definition) is 2. The van der Waals surface area contributed by atoms with Crippen LogP contribution in [0.1, 0.15) is 51.2 Å². The highest BCUT2D eigenvalue weighted by Gasteiger charge is 2.53. The van der Waals surface area contributed by atoms with Crippen LogP contribution < -0.4 is 10.6 Å². The minimum Gasteiger partial charge on any atom is -0.457 e. The molecule has 0 unspecified atom stereocenters. The van der Waals surface area contributed by atoms with Gasteiger partial charge in [0.25, 0.3) is 0 Å². The summed E-state index contributed by atoms with van der Waals surface area (Å²) in [5.74, 6) is 3.52. The largest absolute Gasteiger partial charge is 0.457 e. The van der Waals surface area contributed by atoms with Crippen molar-refractivity contribution in [1.82, 2.24) is 10.6 Å². The number of rotatable bonds is 5. The maximum atomic E-state index is 12.4. The molecule has 7 heteroatoms. The number of benzene rings is 1. The molecule has 0 aliphatic heterocycles.